The number of halogens is 3. The van der Waals surface area contributed by atoms with E-state index in [1.807, 2.05) is 6.92 Å². The van der Waals surface area contributed by atoms with Gasteiger partial charge in [-0.2, -0.15) is 0 Å². The molecular formula is C22H21Cl2FN6O2S. The number of anilines is 1. The van der Waals surface area contributed by atoms with E-state index in [0.29, 0.717) is 22.5 Å². The van der Waals surface area contributed by atoms with E-state index in [2.05, 4.69) is 25.6 Å². The van der Waals surface area contributed by atoms with Crippen molar-refractivity contribution in [3.8, 4) is 11.4 Å². The number of pyridine rings is 1. The van der Waals surface area contributed by atoms with Gasteiger partial charge in [0, 0.05) is 35.9 Å². The van der Waals surface area contributed by atoms with Crippen LogP contribution < -0.4 is 10.6 Å². The Labute approximate surface area is 207 Å². The van der Waals surface area contributed by atoms with Gasteiger partial charge in [-0.1, -0.05) is 29.3 Å². The first-order valence-electron chi connectivity index (χ1n) is 10.3. The maximum atomic E-state index is 14.4. The normalized spacial score (nSPS) is 15.9. The van der Waals surface area contributed by atoms with E-state index in [0.717, 1.165) is 28.7 Å². The fourth-order valence-electron chi connectivity index (χ4n) is 3.81. The van der Waals surface area contributed by atoms with Gasteiger partial charge in [0.15, 0.2) is 23.1 Å². The predicted molar refractivity (Wildman–Crippen MR) is 132 cm³/mol. The highest BCUT2D eigenvalue weighted by Gasteiger charge is 2.25. The van der Waals surface area contributed by atoms with Crippen LogP contribution in [0, 0.1) is 12.7 Å². The Balaban J connectivity index is 0.00000274. The molecule has 8 nitrogen and oxygen atoms in total. The zero-order valence-corrected chi connectivity index (χ0v) is 20.4. The van der Waals surface area contributed by atoms with Gasteiger partial charge in [0.25, 0.3) is 10.0 Å². The van der Waals surface area contributed by atoms with Crippen LogP contribution in [-0.4, -0.2) is 46.5 Å². The van der Waals surface area contributed by atoms with E-state index >= 15 is 0 Å². The van der Waals surface area contributed by atoms with Gasteiger partial charge >= 0.3 is 0 Å². The van der Waals surface area contributed by atoms with Crippen LogP contribution in [0.4, 0.5) is 10.2 Å². The van der Waals surface area contributed by atoms with E-state index in [1.54, 1.807) is 18.2 Å². The molecule has 34 heavy (non-hydrogen) atoms. The molecule has 1 aliphatic heterocycles. The van der Waals surface area contributed by atoms with Crippen molar-refractivity contribution in [1.82, 2.24) is 24.2 Å². The Morgan fingerprint density at radius 1 is 1.21 bits per heavy atom. The average molecular weight is 523 g/mol. The molecule has 4 heterocycles. The Morgan fingerprint density at radius 3 is 2.68 bits per heavy atom. The number of rotatable bonds is 5. The number of fused-ring (bicyclic) bond motifs is 1. The minimum Gasteiger partial charge on any atom is -0.363 e. The Hall–Kier alpha value is -2.79. The van der Waals surface area contributed by atoms with Gasteiger partial charge in [-0.3, -0.25) is 0 Å². The molecule has 2 N–H and O–H groups in total. The van der Waals surface area contributed by atoms with Crippen molar-refractivity contribution >= 4 is 50.9 Å². The lowest BCUT2D eigenvalue weighted by atomic mass is 10.2. The maximum absolute atomic E-state index is 14.4. The summed E-state index contributed by atoms with van der Waals surface area (Å²) in [6.45, 7) is 3.42. The van der Waals surface area contributed by atoms with Gasteiger partial charge in [0.05, 0.1) is 16.1 Å². The standard InChI is InChI=1S/C22H20ClFN6O2S.ClH/c1-13-2-4-16(5-3-13)33(31,32)30-12-18(17-8-14(23)9-27-22(17)30)20-26-11-19(24)21(29-20)28-15-6-7-25-10-15;/h2-5,8-9,11-12,15,25H,6-7,10H2,1H3,(H,26,28,29);1H/t15-;/m1./s1. The molecule has 178 valence electrons. The predicted octanol–water partition coefficient (Wildman–Crippen LogP) is 4.03. The zero-order valence-electron chi connectivity index (χ0n) is 18.0. The van der Waals surface area contributed by atoms with E-state index in [9.17, 15) is 12.8 Å². The summed E-state index contributed by atoms with van der Waals surface area (Å²) in [5.74, 6) is -0.361. The molecule has 1 fully saturated rings. The second-order valence-electron chi connectivity index (χ2n) is 7.91. The summed E-state index contributed by atoms with van der Waals surface area (Å²) in [7, 11) is -3.96. The van der Waals surface area contributed by atoms with Crippen LogP contribution >= 0.6 is 24.0 Å². The quantitative estimate of drug-likeness (QED) is 0.407. The summed E-state index contributed by atoms with van der Waals surface area (Å²) in [6, 6.07) is 8.17. The Bertz CT molecular complexity index is 1450. The molecule has 3 aromatic heterocycles. The Kier molecular flexibility index (Phi) is 6.77. The van der Waals surface area contributed by atoms with Crippen LogP contribution in [0.1, 0.15) is 12.0 Å². The first-order chi connectivity index (χ1) is 15.8. The van der Waals surface area contributed by atoms with Crippen molar-refractivity contribution in [2.24, 2.45) is 0 Å². The summed E-state index contributed by atoms with van der Waals surface area (Å²) in [6.07, 6.45) is 4.69. The molecule has 0 bridgehead atoms. The molecule has 0 spiro atoms. The van der Waals surface area contributed by atoms with Gasteiger partial charge in [-0.15, -0.1) is 12.4 Å². The highest BCUT2D eigenvalue weighted by Crippen LogP contribution is 2.32. The second-order valence-corrected chi connectivity index (χ2v) is 10.2. The summed E-state index contributed by atoms with van der Waals surface area (Å²) < 4.78 is 42.3. The van der Waals surface area contributed by atoms with Gasteiger partial charge < -0.3 is 10.6 Å². The smallest absolute Gasteiger partial charge is 0.269 e. The molecule has 1 atom stereocenters. The molecule has 12 heteroatoms. The van der Waals surface area contributed by atoms with Gasteiger partial charge in [0.2, 0.25) is 0 Å². The second kappa shape index (κ2) is 9.46. The van der Waals surface area contributed by atoms with Gasteiger partial charge in [0.1, 0.15) is 0 Å². The monoisotopic (exact) mass is 522 g/mol. The molecule has 1 saturated heterocycles. The number of aryl methyl sites for hydroxylation is 1. The summed E-state index contributed by atoms with van der Waals surface area (Å²) in [5, 5.41) is 7.07. The van der Waals surface area contributed by atoms with Gasteiger partial charge in [-0.05, 0) is 38.1 Å². The van der Waals surface area contributed by atoms with Crippen LogP contribution in [0.15, 0.2) is 53.8 Å². The number of aromatic nitrogens is 4. The first-order valence-corrected chi connectivity index (χ1v) is 12.1. The first kappa shape index (κ1) is 24.3. The van der Waals surface area contributed by atoms with Crippen molar-refractivity contribution in [3.05, 3.63) is 65.3 Å². The van der Waals surface area contributed by atoms with Crippen LogP contribution in [0.3, 0.4) is 0 Å². The number of nitrogens with zero attached hydrogens (tertiary/aromatic N) is 4. The summed E-state index contributed by atoms with van der Waals surface area (Å²) in [5.41, 5.74) is 1.50. The molecule has 1 aromatic carbocycles. The molecule has 0 unspecified atom stereocenters. The topological polar surface area (TPSA) is 102 Å². The van der Waals surface area contributed by atoms with Crippen molar-refractivity contribution < 1.29 is 12.8 Å². The summed E-state index contributed by atoms with van der Waals surface area (Å²) >= 11 is 6.16. The molecule has 0 saturated carbocycles. The minimum atomic E-state index is -3.96. The van der Waals surface area contributed by atoms with E-state index < -0.39 is 15.8 Å². The third-order valence-electron chi connectivity index (χ3n) is 5.54. The Morgan fingerprint density at radius 2 is 1.97 bits per heavy atom. The van der Waals surface area contributed by atoms with E-state index in [1.165, 1.54) is 24.5 Å². The minimum absolute atomic E-state index is 0. The lowest BCUT2D eigenvalue weighted by Gasteiger charge is -2.13. The zero-order chi connectivity index (χ0) is 23.2. The maximum Gasteiger partial charge on any atom is 0.269 e. The molecule has 0 amide bonds. The number of hydrogen-bond donors (Lipinski definition) is 2. The van der Waals surface area contributed by atoms with E-state index in [4.69, 9.17) is 11.6 Å². The molecule has 1 aliphatic rings. The molecule has 0 radical (unpaired) electrons. The van der Waals surface area contributed by atoms with E-state index in [-0.39, 0.29) is 40.6 Å². The molecule has 0 aliphatic carbocycles. The SMILES string of the molecule is Cc1ccc(S(=O)(=O)n2cc(-c3ncc(F)c(N[C@@H]4CCNC4)n3)c3cc(Cl)cnc32)cc1.Cl. The average Bonchev–Trinajstić information content (AvgIpc) is 3.43. The number of hydrogen-bond acceptors (Lipinski definition) is 7. The summed E-state index contributed by atoms with van der Waals surface area (Å²) in [4.78, 5) is 12.9. The van der Waals surface area contributed by atoms with Crippen LogP contribution in [0.2, 0.25) is 5.02 Å². The van der Waals surface area contributed by atoms with Crippen LogP contribution in [0.25, 0.3) is 22.4 Å². The van der Waals surface area contributed by atoms with Crippen molar-refractivity contribution in [2.75, 3.05) is 18.4 Å². The molecule has 5 rings (SSSR count). The molecule has 4 aromatic rings. The highest BCUT2D eigenvalue weighted by molar-refractivity contribution is 7.90. The van der Waals surface area contributed by atoms with Crippen molar-refractivity contribution in [3.63, 3.8) is 0 Å². The fourth-order valence-corrected chi connectivity index (χ4v) is 5.29. The van der Waals surface area contributed by atoms with Crippen LogP contribution in [0.5, 0.6) is 0 Å². The lowest BCUT2D eigenvalue weighted by Crippen LogP contribution is -2.23. The lowest BCUT2D eigenvalue weighted by molar-refractivity contribution is 0.588. The number of nitrogens with one attached hydrogen (secondary N) is 2. The third-order valence-corrected chi connectivity index (χ3v) is 7.41. The third kappa shape index (κ3) is 4.46. The molecular weight excluding hydrogens is 502 g/mol. The largest absolute Gasteiger partial charge is 0.363 e. The van der Waals surface area contributed by atoms with Gasteiger partial charge in [-0.25, -0.2) is 31.7 Å². The number of benzene rings is 1. The fraction of sp³-hybridized carbons (Fsp3) is 0.227. The van der Waals surface area contributed by atoms with Crippen molar-refractivity contribution in [1.29, 1.82) is 0 Å². The van der Waals surface area contributed by atoms with Crippen LogP contribution in [-0.2, 0) is 10.0 Å². The van der Waals surface area contributed by atoms with Crippen molar-refractivity contribution in [2.45, 2.75) is 24.3 Å². The highest BCUT2D eigenvalue weighted by atomic mass is 35.5.